The minimum atomic E-state index is 0.0838. The molecule has 14 heavy (non-hydrogen) atoms. The number of ether oxygens (including phenoxy) is 1. The van der Waals surface area contributed by atoms with E-state index in [2.05, 4.69) is 0 Å². The predicted molar refractivity (Wildman–Crippen MR) is 56.2 cm³/mol. The van der Waals surface area contributed by atoms with E-state index in [0.717, 1.165) is 34.9 Å². The van der Waals surface area contributed by atoms with E-state index in [9.17, 15) is 0 Å². The van der Waals surface area contributed by atoms with Gasteiger partial charge in [0.05, 0.1) is 6.61 Å². The largest absolute Gasteiger partial charge is 0.493 e. The average molecular weight is 213 g/mol. The summed E-state index contributed by atoms with van der Waals surface area (Å²) in [5.41, 5.74) is 2.18. The highest BCUT2D eigenvalue weighted by atomic mass is 35.5. The Hall–Kier alpha value is -0.730. The van der Waals surface area contributed by atoms with Crippen LogP contribution >= 0.6 is 11.6 Å². The molecular weight excluding hydrogens is 200 g/mol. The first-order chi connectivity index (χ1) is 6.72. The lowest BCUT2D eigenvalue weighted by molar-refractivity contribution is 0.268. The summed E-state index contributed by atoms with van der Waals surface area (Å²) in [5, 5.41) is 9.84. The SMILES string of the molecule is CC(CO)c1cc(Cl)cc2c1OCC2. The van der Waals surface area contributed by atoms with Crippen LogP contribution in [0.3, 0.4) is 0 Å². The van der Waals surface area contributed by atoms with Crippen LogP contribution in [-0.2, 0) is 6.42 Å². The van der Waals surface area contributed by atoms with Gasteiger partial charge in [-0.3, -0.25) is 0 Å². The second-order valence-corrected chi connectivity index (χ2v) is 4.10. The maximum atomic E-state index is 9.11. The predicted octanol–water partition coefficient (Wildman–Crippen LogP) is 2.37. The molecular formula is C11H13ClO2. The summed E-state index contributed by atoms with van der Waals surface area (Å²) in [6.07, 6.45) is 0.918. The highest BCUT2D eigenvalue weighted by Gasteiger charge is 2.20. The molecule has 76 valence electrons. The number of hydrogen-bond acceptors (Lipinski definition) is 2. The number of rotatable bonds is 2. The van der Waals surface area contributed by atoms with Crippen molar-refractivity contribution < 1.29 is 9.84 Å². The summed E-state index contributed by atoms with van der Waals surface area (Å²) in [4.78, 5) is 0. The van der Waals surface area contributed by atoms with Crippen LogP contribution in [0.4, 0.5) is 0 Å². The molecule has 1 heterocycles. The van der Waals surface area contributed by atoms with Gasteiger partial charge in [0.1, 0.15) is 5.75 Å². The van der Waals surface area contributed by atoms with E-state index in [0.29, 0.717) is 0 Å². The molecule has 1 aromatic rings. The summed E-state index contributed by atoms with van der Waals surface area (Å²) in [7, 11) is 0. The van der Waals surface area contributed by atoms with E-state index in [1.165, 1.54) is 0 Å². The Labute approximate surface area is 88.5 Å². The van der Waals surface area contributed by atoms with E-state index < -0.39 is 0 Å². The van der Waals surface area contributed by atoms with Crippen LogP contribution in [0.5, 0.6) is 5.75 Å². The first kappa shape index (κ1) is 9.81. The Morgan fingerprint density at radius 1 is 1.57 bits per heavy atom. The molecule has 1 aromatic carbocycles. The minimum absolute atomic E-state index is 0.0838. The van der Waals surface area contributed by atoms with Crippen molar-refractivity contribution >= 4 is 11.6 Å². The molecule has 0 spiro atoms. The molecule has 2 rings (SSSR count). The van der Waals surface area contributed by atoms with Gasteiger partial charge in [-0.25, -0.2) is 0 Å². The van der Waals surface area contributed by atoms with Gasteiger partial charge in [-0.15, -0.1) is 0 Å². The van der Waals surface area contributed by atoms with Crippen molar-refractivity contribution in [3.05, 3.63) is 28.3 Å². The molecule has 0 saturated carbocycles. The Morgan fingerprint density at radius 2 is 2.36 bits per heavy atom. The second-order valence-electron chi connectivity index (χ2n) is 3.67. The van der Waals surface area contributed by atoms with Gasteiger partial charge in [0.15, 0.2) is 0 Å². The van der Waals surface area contributed by atoms with Crippen molar-refractivity contribution in [2.45, 2.75) is 19.3 Å². The quantitative estimate of drug-likeness (QED) is 0.816. The average Bonchev–Trinajstić information content (AvgIpc) is 2.62. The van der Waals surface area contributed by atoms with E-state index in [4.69, 9.17) is 21.4 Å². The van der Waals surface area contributed by atoms with Crippen LogP contribution in [0.25, 0.3) is 0 Å². The zero-order valence-electron chi connectivity index (χ0n) is 8.09. The van der Waals surface area contributed by atoms with Gasteiger partial charge in [0.25, 0.3) is 0 Å². The zero-order chi connectivity index (χ0) is 10.1. The molecule has 0 saturated heterocycles. The number of aliphatic hydroxyl groups is 1. The standard InChI is InChI=1S/C11H13ClO2/c1-7(6-13)10-5-9(12)4-8-2-3-14-11(8)10/h4-5,7,13H,2-3,6H2,1H3. The number of halogens is 1. The summed E-state index contributed by atoms with van der Waals surface area (Å²) in [6, 6.07) is 3.82. The molecule has 1 aliphatic heterocycles. The lowest BCUT2D eigenvalue weighted by Crippen LogP contribution is -2.01. The molecule has 0 fully saturated rings. The van der Waals surface area contributed by atoms with E-state index >= 15 is 0 Å². The van der Waals surface area contributed by atoms with E-state index in [-0.39, 0.29) is 12.5 Å². The van der Waals surface area contributed by atoms with Crippen LogP contribution in [0.2, 0.25) is 5.02 Å². The Balaban J connectivity index is 2.48. The van der Waals surface area contributed by atoms with Crippen molar-refractivity contribution in [1.29, 1.82) is 0 Å². The molecule has 1 atom stereocenters. The van der Waals surface area contributed by atoms with Crippen molar-refractivity contribution in [3.63, 3.8) is 0 Å². The maximum Gasteiger partial charge on any atom is 0.126 e. The van der Waals surface area contributed by atoms with Crippen LogP contribution in [0.1, 0.15) is 24.0 Å². The first-order valence-electron chi connectivity index (χ1n) is 4.78. The fourth-order valence-corrected chi connectivity index (χ4v) is 2.01. The number of fused-ring (bicyclic) bond motifs is 1. The molecule has 0 aliphatic carbocycles. The minimum Gasteiger partial charge on any atom is -0.493 e. The molecule has 1 N–H and O–H groups in total. The van der Waals surface area contributed by atoms with Gasteiger partial charge in [-0.05, 0) is 17.7 Å². The third kappa shape index (κ3) is 1.60. The Bertz CT molecular complexity index is 349. The summed E-state index contributed by atoms with van der Waals surface area (Å²) < 4.78 is 5.54. The van der Waals surface area contributed by atoms with Crippen LogP contribution < -0.4 is 4.74 Å². The molecule has 1 aliphatic rings. The van der Waals surface area contributed by atoms with Gasteiger partial charge in [-0.1, -0.05) is 18.5 Å². The highest BCUT2D eigenvalue weighted by Crippen LogP contribution is 2.36. The van der Waals surface area contributed by atoms with Crippen molar-refractivity contribution in [1.82, 2.24) is 0 Å². The first-order valence-corrected chi connectivity index (χ1v) is 5.16. The van der Waals surface area contributed by atoms with Gasteiger partial charge in [0, 0.05) is 29.5 Å². The Morgan fingerprint density at radius 3 is 3.07 bits per heavy atom. The van der Waals surface area contributed by atoms with Crippen molar-refractivity contribution in [3.8, 4) is 5.75 Å². The normalized spacial score (nSPS) is 16.2. The third-order valence-corrected chi connectivity index (χ3v) is 2.80. The molecule has 0 radical (unpaired) electrons. The lowest BCUT2D eigenvalue weighted by atomic mass is 9.98. The monoisotopic (exact) mass is 212 g/mol. The molecule has 0 bridgehead atoms. The lowest BCUT2D eigenvalue weighted by Gasteiger charge is -2.13. The second kappa shape index (κ2) is 3.79. The number of aliphatic hydroxyl groups excluding tert-OH is 1. The van der Waals surface area contributed by atoms with Gasteiger partial charge < -0.3 is 9.84 Å². The van der Waals surface area contributed by atoms with Crippen LogP contribution in [0, 0.1) is 0 Å². The third-order valence-electron chi connectivity index (χ3n) is 2.58. The van der Waals surface area contributed by atoms with Crippen LogP contribution in [-0.4, -0.2) is 18.3 Å². The fraction of sp³-hybridized carbons (Fsp3) is 0.455. The highest BCUT2D eigenvalue weighted by molar-refractivity contribution is 6.30. The van der Waals surface area contributed by atoms with Crippen molar-refractivity contribution in [2.24, 2.45) is 0 Å². The molecule has 3 heteroatoms. The fourth-order valence-electron chi connectivity index (χ4n) is 1.76. The molecule has 2 nitrogen and oxygen atoms in total. The number of benzene rings is 1. The zero-order valence-corrected chi connectivity index (χ0v) is 8.84. The van der Waals surface area contributed by atoms with E-state index in [1.54, 1.807) is 0 Å². The number of hydrogen-bond donors (Lipinski definition) is 1. The van der Waals surface area contributed by atoms with Gasteiger partial charge in [-0.2, -0.15) is 0 Å². The van der Waals surface area contributed by atoms with Gasteiger partial charge in [0.2, 0.25) is 0 Å². The van der Waals surface area contributed by atoms with Gasteiger partial charge >= 0.3 is 0 Å². The summed E-state index contributed by atoms with van der Waals surface area (Å²) in [6.45, 7) is 2.81. The van der Waals surface area contributed by atoms with Crippen molar-refractivity contribution in [2.75, 3.05) is 13.2 Å². The topological polar surface area (TPSA) is 29.5 Å². The smallest absolute Gasteiger partial charge is 0.126 e. The van der Waals surface area contributed by atoms with E-state index in [1.807, 2.05) is 19.1 Å². The maximum absolute atomic E-state index is 9.11. The Kier molecular flexibility index (Phi) is 2.66. The molecule has 1 unspecified atom stereocenters. The summed E-state index contributed by atoms with van der Waals surface area (Å²) >= 11 is 5.99. The van der Waals surface area contributed by atoms with Crippen LogP contribution in [0.15, 0.2) is 12.1 Å². The molecule has 0 aromatic heterocycles. The molecule has 0 amide bonds. The summed E-state index contributed by atoms with van der Waals surface area (Å²) in [5.74, 6) is 1.01.